The molecule has 0 fully saturated rings. The molecule has 0 aliphatic carbocycles. The monoisotopic (exact) mass is 2190 g/mol. The van der Waals surface area contributed by atoms with Gasteiger partial charge in [0.15, 0.2) is 0 Å². The van der Waals surface area contributed by atoms with Crippen molar-refractivity contribution in [2.24, 2.45) is 0 Å². The fourth-order valence-corrected chi connectivity index (χ4v) is 3.07. The van der Waals surface area contributed by atoms with Crippen LogP contribution in [0.15, 0.2) is 170 Å². The fourth-order valence-electron chi connectivity index (χ4n) is 3.07. The van der Waals surface area contributed by atoms with Crippen LogP contribution in [0, 0.1) is 102 Å². The Morgan fingerprint density at radius 2 is 0.344 bits per heavy atom. The van der Waals surface area contributed by atoms with Gasteiger partial charge in [-0.15, -0.1) is 36.4 Å². The molecule has 316 valence electrons. The molecule has 0 saturated carbocycles. The van der Waals surface area contributed by atoms with Crippen LogP contribution in [0.4, 0.5) is 0 Å². The fraction of sp³-hybridized carbons (Fsp3) is 0. The SMILES string of the molecule is [CH-]=CC=[CH-].[CH-]=CC=[CH-].[CH-]=Cc1[c-]cccc1.[CH-]=Cc1[c-]cccc1.[CH-]=Cc1[c-]cccc1.[CH-]=Cc1[c-]cccc1.[CH-]=Cc1[c-]cccc1.[CH-]=Cc1[c-]cccc1.[W+2].[W+2].[W+2].[W+2].[W+2].[W+2].[W+2].[W+2]. The largest absolute Gasteiger partial charge is 2.00 e. The molecule has 0 nitrogen and oxygen atoms in total. The Morgan fingerprint density at radius 3 is 0.391 bits per heavy atom. The summed E-state index contributed by atoms with van der Waals surface area (Å²) in [4.78, 5) is 0. The van der Waals surface area contributed by atoms with Crippen molar-refractivity contribution in [3.05, 3.63) is 305 Å². The molecular formula is C56H44W8. The molecule has 0 amide bonds. The molecule has 0 aliphatic heterocycles. The average Bonchev–Trinajstić information content (AvgIpc) is 3.31. The molecule has 6 rings (SSSR count). The van der Waals surface area contributed by atoms with E-state index < -0.39 is 0 Å². The first-order valence-electron chi connectivity index (χ1n) is 16.7. The molecule has 0 N–H and O–H groups in total. The van der Waals surface area contributed by atoms with Crippen LogP contribution in [-0.2, 0) is 169 Å². The Morgan fingerprint density at radius 1 is 0.219 bits per heavy atom. The van der Waals surface area contributed by atoms with E-state index >= 15 is 0 Å². The summed E-state index contributed by atoms with van der Waals surface area (Å²) in [5.41, 5.74) is 5.63. The number of hydrogen-bond donors (Lipinski definition) is 0. The second-order valence-electron chi connectivity index (χ2n) is 9.68. The average molecular weight is 2190 g/mol. The maximum absolute atomic E-state index is 5.19. The molecule has 0 bridgehead atoms. The number of benzene rings is 6. The van der Waals surface area contributed by atoms with Crippen LogP contribution in [0.25, 0.3) is 36.5 Å². The minimum atomic E-state index is 0. The molecule has 0 spiro atoms. The maximum atomic E-state index is 5.19. The van der Waals surface area contributed by atoms with Gasteiger partial charge in [0.2, 0.25) is 0 Å². The van der Waals surface area contributed by atoms with E-state index in [2.05, 4.69) is 36.4 Å². The summed E-state index contributed by atoms with van der Waals surface area (Å²) in [5, 5.41) is 0. The molecule has 0 aliphatic rings. The van der Waals surface area contributed by atoms with Crippen LogP contribution in [0.5, 0.6) is 0 Å². The molecule has 0 atom stereocenters. The summed E-state index contributed by atoms with van der Waals surface area (Å²) in [6.07, 6.45) is 14.3. The Balaban J connectivity index is -0.0000000646. The molecule has 64 heavy (non-hydrogen) atoms. The van der Waals surface area contributed by atoms with Crippen molar-refractivity contribution in [3.8, 4) is 0 Å². The van der Waals surface area contributed by atoms with E-state index in [1.807, 2.05) is 146 Å². The van der Waals surface area contributed by atoms with Crippen molar-refractivity contribution in [2.45, 2.75) is 0 Å². The van der Waals surface area contributed by atoms with Gasteiger partial charge in [-0.05, 0) is 0 Å². The van der Waals surface area contributed by atoms with E-state index in [9.17, 15) is 0 Å². The van der Waals surface area contributed by atoms with Crippen molar-refractivity contribution < 1.29 is 169 Å². The van der Waals surface area contributed by atoms with Crippen molar-refractivity contribution in [2.75, 3.05) is 0 Å². The smallest absolute Gasteiger partial charge is 0.394 e. The van der Waals surface area contributed by atoms with Gasteiger partial charge < -0.3 is 160 Å². The van der Waals surface area contributed by atoms with E-state index in [0.717, 1.165) is 33.4 Å². The van der Waals surface area contributed by atoms with Gasteiger partial charge in [-0.3, -0.25) is 0 Å². The minimum Gasteiger partial charge on any atom is -0.394 e. The number of rotatable bonds is 8. The first-order valence-corrected chi connectivity index (χ1v) is 16.7. The number of hydrogen-bond acceptors (Lipinski definition) is 0. The molecule has 0 aromatic heterocycles. The summed E-state index contributed by atoms with van der Waals surface area (Å²) in [6, 6.07) is 63.0. The molecule has 0 saturated heterocycles. The van der Waals surface area contributed by atoms with Gasteiger partial charge in [0.1, 0.15) is 0 Å². The summed E-state index contributed by atoms with van der Waals surface area (Å²) in [6.45, 7) is 50.1. The quantitative estimate of drug-likeness (QED) is 0.105. The van der Waals surface area contributed by atoms with Gasteiger partial charge in [-0.1, -0.05) is 0 Å². The van der Waals surface area contributed by atoms with Crippen LogP contribution in [0.2, 0.25) is 0 Å². The second kappa shape index (κ2) is 70.2. The zero-order valence-electron chi connectivity index (χ0n) is 34.7. The van der Waals surface area contributed by atoms with Gasteiger partial charge in [-0.25, -0.2) is 72.8 Å². The van der Waals surface area contributed by atoms with Gasteiger partial charge in [0.25, 0.3) is 0 Å². The van der Waals surface area contributed by atoms with Gasteiger partial charge in [0.05, 0.1) is 0 Å². The van der Waals surface area contributed by atoms with Crippen molar-refractivity contribution in [1.29, 1.82) is 0 Å². The maximum Gasteiger partial charge on any atom is 2.00 e. The first kappa shape index (κ1) is 85.5. The molecule has 8 heteroatoms. The topological polar surface area (TPSA) is 0 Å². The zero-order valence-corrected chi connectivity index (χ0v) is 58.1. The van der Waals surface area contributed by atoms with E-state index in [1.165, 1.54) is 60.8 Å². The van der Waals surface area contributed by atoms with Crippen LogP contribution >= 0.6 is 0 Å². The van der Waals surface area contributed by atoms with Crippen molar-refractivity contribution in [3.63, 3.8) is 0 Å². The summed E-state index contributed by atoms with van der Waals surface area (Å²) < 4.78 is 0. The van der Waals surface area contributed by atoms with Gasteiger partial charge >= 0.3 is 169 Å². The first-order chi connectivity index (χ1) is 27.4. The summed E-state index contributed by atoms with van der Waals surface area (Å²) in [7, 11) is 0. The zero-order chi connectivity index (χ0) is 41.7. The summed E-state index contributed by atoms with van der Waals surface area (Å²) >= 11 is 0. The Bertz CT molecular complexity index is 1520. The Labute approximate surface area is 503 Å². The van der Waals surface area contributed by atoms with Crippen LogP contribution in [0.1, 0.15) is 33.4 Å². The molecule has 6 aromatic rings. The molecule has 6 aromatic carbocycles. The van der Waals surface area contributed by atoms with Crippen LogP contribution in [0.3, 0.4) is 0 Å². The molecule has 0 unspecified atom stereocenters. The Kier molecular flexibility index (Phi) is 93.9. The van der Waals surface area contributed by atoms with Crippen molar-refractivity contribution >= 4 is 36.5 Å². The third kappa shape index (κ3) is 58.2. The van der Waals surface area contributed by atoms with Gasteiger partial charge in [-0.2, -0.15) is 72.8 Å². The van der Waals surface area contributed by atoms with E-state index in [4.69, 9.17) is 65.8 Å². The Hall–Kier alpha value is -1.77. The standard InChI is InChI=1S/6C8H6.2C4H4.8W/c6*1-2-8-6-4-3-5-7-8;2*1-3-4-2;;;;;;;;/h6*1-6H;2*1-4H;;;;;;;;/q8*-2;8*+2. The van der Waals surface area contributed by atoms with E-state index in [0.29, 0.717) is 0 Å². The van der Waals surface area contributed by atoms with E-state index in [1.54, 1.807) is 0 Å². The minimum absolute atomic E-state index is 0. The summed E-state index contributed by atoms with van der Waals surface area (Å²) in [5.74, 6) is 0. The predicted octanol–water partition coefficient (Wildman–Crippen LogP) is 13.5. The van der Waals surface area contributed by atoms with Crippen LogP contribution < -0.4 is 0 Å². The molecular weight excluding hydrogens is 2140 g/mol. The molecule has 0 heterocycles. The van der Waals surface area contributed by atoms with Crippen LogP contribution in [-0.4, -0.2) is 0 Å². The normalized spacial score (nSPS) is 7.00. The van der Waals surface area contributed by atoms with E-state index in [-0.39, 0.29) is 169 Å². The van der Waals surface area contributed by atoms with Crippen molar-refractivity contribution in [1.82, 2.24) is 0 Å². The number of allylic oxidation sites excluding steroid dienone is 4. The van der Waals surface area contributed by atoms with Gasteiger partial charge in [0, 0.05) is 0 Å². The molecule has 0 radical (unpaired) electrons. The third-order valence-electron chi connectivity index (χ3n) is 5.70. The third-order valence-corrected chi connectivity index (χ3v) is 5.70. The second-order valence-corrected chi connectivity index (χ2v) is 9.68. The predicted molar refractivity (Wildman–Crippen MR) is 240 cm³/mol.